The number of rotatable bonds is 3. The van der Waals surface area contributed by atoms with E-state index in [2.05, 4.69) is 94.9 Å². The van der Waals surface area contributed by atoms with Crippen LogP contribution in [0.15, 0.2) is 147 Å². The molecule has 210 valence electrons. The number of aromatic nitrogens is 2. The lowest BCUT2D eigenvalue weighted by Gasteiger charge is -2.07. The third-order valence-electron chi connectivity index (χ3n) is 8.87. The quantitative estimate of drug-likeness (QED) is 0.209. The maximum Gasteiger partial charge on any atom is 0.138 e. The van der Waals surface area contributed by atoms with E-state index in [0.717, 1.165) is 99.2 Å². The molecule has 45 heavy (non-hydrogen) atoms. The van der Waals surface area contributed by atoms with Crippen LogP contribution in [0.25, 0.3) is 99.2 Å². The predicted octanol–water partition coefficient (Wildman–Crippen LogP) is 11.2. The van der Waals surface area contributed by atoms with Crippen LogP contribution in [-0.2, 0) is 0 Å². The molecular formula is C40H22N2O3. The molecule has 0 aliphatic carbocycles. The van der Waals surface area contributed by atoms with Crippen LogP contribution in [0.5, 0.6) is 0 Å². The highest BCUT2D eigenvalue weighted by Gasteiger charge is 2.14. The van der Waals surface area contributed by atoms with Gasteiger partial charge >= 0.3 is 0 Å². The van der Waals surface area contributed by atoms with Gasteiger partial charge in [0.05, 0.1) is 0 Å². The number of furan rings is 3. The molecule has 10 rings (SSSR count). The number of pyridine rings is 2. The van der Waals surface area contributed by atoms with E-state index in [1.54, 1.807) is 12.4 Å². The minimum absolute atomic E-state index is 0.845. The van der Waals surface area contributed by atoms with E-state index >= 15 is 0 Å². The average Bonchev–Trinajstić information content (AvgIpc) is 3.78. The Labute approximate surface area is 256 Å². The monoisotopic (exact) mass is 578 g/mol. The molecular weight excluding hydrogens is 556 g/mol. The van der Waals surface area contributed by atoms with Gasteiger partial charge in [-0.1, -0.05) is 42.5 Å². The van der Waals surface area contributed by atoms with Crippen LogP contribution < -0.4 is 0 Å². The van der Waals surface area contributed by atoms with Gasteiger partial charge < -0.3 is 13.3 Å². The Morgan fingerprint density at radius 1 is 0.311 bits per heavy atom. The molecule has 0 spiro atoms. The summed E-state index contributed by atoms with van der Waals surface area (Å²) >= 11 is 0. The van der Waals surface area contributed by atoms with E-state index in [1.807, 2.05) is 36.7 Å². The topological polar surface area (TPSA) is 65.2 Å². The Bertz CT molecular complexity index is 2780. The maximum absolute atomic E-state index is 6.27. The third kappa shape index (κ3) is 3.74. The highest BCUT2D eigenvalue weighted by Crippen LogP contribution is 2.38. The highest BCUT2D eigenvalue weighted by molar-refractivity contribution is 6.09. The summed E-state index contributed by atoms with van der Waals surface area (Å²) in [6.45, 7) is 0. The lowest BCUT2D eigenvalue weighted by atomic mass is 9.96. The Balaban J connectivity index is 1.07. The van der Waals surface area contributed by atoms with Crippen LogP contribution in [-0.4, -0.2) is 9.97 Å². The van der Waals surface area contributed by atoms with E-state index in [4.69, 9.17) is 13.3 Å². The van der Waals surface area contributed by atoms with Crippen molar-refractivity contribution >= 4 is 65.8 Å². The van der Waals surface area contributed by atoms with Gasteiger partial charge in [-0.15, -0.1) is 0 Å². The van der Waals surface area contributed by atoms with E-state index < -0.39 is 0 Å². The Hall–Kier alpha value is -6.20. The van der Waals surface area contributed by atoms with Crippen molar-refractivity contribution < 1.29 is 13.3 Å². The molecule has 10 aromatic rings. The van der Waals surface area contributed by atoms with Gasteiger partial charge in [0.1, 0.15) is 33.5 Å². The molecule has 0 N–H and O–H groups in total. The molecule has 5 aromatic heterocycles. The van der Waals surface area contributed by atoms with Crippen LogP contribution >= 0.6 is 0 Å². The van der Waals surface area contributed by atoms with Crippen molar-refractivity contribution in [2.75, 3.05) is 0 Å². The third-order valence-corrected chi connectivity index (χ3v) is 8.87. The lowest BCUT2D eigenvalue weighted by Crippen LogP contribution is -1.82. The van der Waals surface area contributed by atoms with E-state index in [0.29, 0.717) is 0 Å². The van der Waals surface area contributed by atoms with Crippen molar-refractivity contribution in [3.8, 4) is 33.4 Å². The molecule has 0 saturated carbocycles. The molecule has 0 aliphatic rings. The first kappa shape index (κ1) is 24.3. The van der Waals surface area contributed by atoms with Gasteiger partial charge in [-0.2, -0.15) is 0 Å². The zero-order chi connectivity index (χ0) is 29.5. The fourth-order valence-corrected chi connectivity index (χ4v) is 6.62. The molecule has 0 radical (unpaired) electrons. The lowest BCUT2D eigenvalue weighted by molar-refractivity contribution is 0.668. The minimum Gasteiger partial charge on any atom is -0.456 e. The Morgan fingerprint density at radius 2 is 0.644 bits per heavy atom. The number of hydrogen-bond acceptors (Lipinski definition) is 5. The summed E-state index contributed by atoms with van der Waals surface area (Å²) in [7, 11) is 0. The fraction of sp³-hybridized carbons (Fsp3) is 0. The molecule has 0 aliphatic heterocycles. The first-order valence-electron chi connectivity index (χ1n) is 14.9. The average molecular weight is 579 g/mol. The van der Waals surface area contributed by atoms with Crippen molar-refractivity contribution in [1.82, 2.24) is 9.97 Å². The van der Waals surface area contributed by atoms with Crippen LogP contribution in [0.3, 0.4) is 0 Å². The summed E-state index contributed by atoms with van der Waals surface area (Å²) in [6.07, 6.45) is 7.25. The second-order valence-corrected chi connectivity index (χ2v) is 11.5. The largest absolute Gasteiger partial charge is 0.456 e. The smallest absolute Gasteiger partial charge is 0.138 e. The van der Waals surface area contributed by atoms with E-state index in [1.165, 1.54) is 0 Å². The van der Waals surface area contributed by atoms with Crippen molar-refractivity contribution in [3.05, 3.63) is 134 Å². The van der Waals surface area contributed by atoms with Crippen LogP contribution in [0.4, 0.5) is 0 Å². The number of benzene rings is 5. The summed E-state index contributed by atoms with van der Waals surface area (Å²) < 4.78 is 18.3. The highest BCUT2D eigenvalue weighted by atomic mass is 16.3. The Kier molecular flexibility index (Phi) is 4.93. The molecule has 0 bridgehead atoms. The Morgan fingerprint density at radius 3 is 1.04 bits per heavy atom. The van der Waals surface area contributed by atoms with Crippen LogP contribution in [0, 0.1) is 0 Å². The first-order chi connectivity index (χ1) is 22.2. The second-order valence-electron chi connectivity index (χ2n) is 11.5. The fourth-order valence-electron chi connectivity index (χ4n) is 6.62. The molecule has 0 amide bonds. The second kappa shape index (κ2) is 9.15. The molecule has 0 fully saturated rings. The molecule has 0 unspecified atom stereocenters. The van der Waals surface area contributed by atoms with Crippen LogP contribution in [0.2, 0.25) is 0 Å². The predicted molar refractivity (Wildman–Crippen MR) is 180 cm³/mol. The summed E-state index contributed by atoms with van der Waals surface area (Å²) in [4.78, 5) is 8.61. The van der Waals surface area contributed by atoms with Gasteiger partial charge in [0.15, 0.2) is 0 Å². The normalized spacial score (nSPS) is 12.0. The van der Waals surface area contributed by atoms with Gasteiger partial charge in [-0.25, -0.2) is 0 Å². The summed E-state index contributed by atoms with van der Waals surface area (Å²) in [6, 6.07) is 38.0. The van der Waals surface area contributed by atoms with E-state index in [9.17, 15) is 0 Å². The number of hydrogen-bond donors (Lipinski definition) is 0. The number of nitrogens with zero attached hydrogens (tertiary/aromatic N) is 2. The molecule has 5 nitrogen and oxygen atoms in total. The first-order valence-corrected chi connectivity index (χ1v) is 14.9. The molecule has 5 heteroatoms. The maximum atomic E-state index is 6.27. The van der Waals surface area contributed by atoms with Gasteiger partial charge in [0, 0.05) is 57.1 Å². The molecule has 5 heterocycles. The van der Waals surface area contributed by atoms with Gasteiger partial charge in [0.25, 0.3) is 0 Å². The van der Waals surface area contributed by atoms with Crippen molar-refractivity contribution in [3.63, 3.8) is 0 Å². The van der Waals surface area contributed by atoms with Crippen LogP contribution in [0.1, 0.15) is 0 Å². The van der Waals surface area contributed by atoms with Gasteiger partial charge in [0.2, 0.25) is 0 Å². The summed E-state index contributed by atoms with van der Waals surface area (Å²) in [5.74, 6) is 0. The van der Waals surface area contributed by atoms with Crippen molar-refractivity contribution in [2.24, 2.45) is 0 Å². The number of fused-ring (bicyclic) bond motifs is 9. The zero-order valence-corrected chi connectivity index (χ0v) is 23.8. The molecule has 5 aromatic carbocycles. The summed E-state index contributed by atoms with van der Waals surface area (Å²) in [5, 5.41) is 6.35. The van der Waals surface area contributed by atoms with Gasteiger partial charge in [-0.05, 0) is 100 Å². The zero-order valence-electron chi connectivity index (χ0n) is 23.8. The van der Waals surface area contributed by atoms with Crippen molar-refractivity contribution in [1.29, 1.82) is 0 Å². The van der Waals surface area contributed by atoms with Gasteiger partial charge in [-0.3, -0.25) is 9.97 Å². The molecule has 0 atom stereocenters. The molecule has 0 saturated heterocycles. The standard InChI is InChI=1S/C40H22N2O3/c1-2-23(16-24(3-1)26-5-10-37-31(19-26)33-21-41-14-12-39(33)44-37)25-4-8-35-29(17-25)30-18-27(6-9-36(30)43-35)28-7-11-38-32(20-28)34-22-42-15-13-40(34)45-38/h1-22H. The summed E-state index contributed by atoms with van der Waals surface area (Å²) in [5.41, 5.74) is 12.0. The van der Waals surface area contributed by atoms with Crippen molar-refractivity contribution in [2.45, 2.75) is 0 Å². The van der Waals surface area contributed by atoms with E-state index in [-0.39, 0.29) is 0 Å². The SMILES string of the molecule is c1cc(-c2ccc3oc4ccncc4c3c2)cc(-c2ccc3oc4ccc(-c5ccc6oc7ccncc7c6c5)cc4c3c2)c1. The minimum atomic E-state index is 0.845.